The molecule has 0 heterocycles. The van der Waals surface area contributed by atoms with Crippen LogP contribution in [0.3, 0.4) is 0 Å². The van der Waals surface area contributed by atoms with E-state index in [2.05, 4.69) is 52.4 Å². The summed E-state index contributed by atoms with van der Waals surface area (Å²) in [7, 11) is 0. The molecule has 0 atom stereocenters. The van der Waals surface area contributed by atoms with Gasteiger partial charge in [0.1, 0.15) is 0 Å². The van der Waals surface area contributed by atoms with Crippen LogP contribution in [0.2, 0.25) is 0 Å². The standard InChI is InChI=1S/C18H20BrNO/c1-2-3-4-14-5-7-15(8-6-14)16-9-11-17(12-10-16)20-18(21)13-19/h5-12H,2-4,13H2,1H3,(H,20,21). The molecule has 3 heteroatoms. The number of alkyl halides is 1. The maximum Gasteiger partial charge on any atom is 0.235 e. The maximum atomic E-state index is 11.3. The highest BCUT2D eigenvalue weighted by molar-refractivity contribution is 9.09. The molecule has 2 aromatic rings. The second-order valence-corrected chi connectivity index (χ2v) is 5.62. The van der Waals surface area contributed by atoms with Crippen LogP contribution < -0.4 is 5.32 Å². The number of aryl methyl sites for hydroxylation is 1. The van der Waals surface area contributed by atoms with Crippen molar-refractivity contribution in [1.82, 2.24) is 0 Å². The van der Waals surface area contributed by atoms with Crippen molar-refractivity contribution >= 4 is 27.5 Å². The number of carbonyl (C=O) groups excluding carboxylic acids is 1. The number of amides is 1. The van der Waals surface area contributed by atoms with Gasteiger partial charge in [0.2, 0.25) is 5.91 Å². The summed E-state index contributed by atoms with van der Waals surface area (Å²) in [4.78, 5) is 11.3. The Labute approximate surface area is 134 Å². The van der Waals surface area contributed by atoms with Crippen molar-refractivity contribution in [2.75, 3.05) is 10.6 Å². The van der Waals surface area contributed by atoms with E-state index in [0.717, 1.165) is 17.7 Å². The van der Waals surface area contributed by atoms with Crippen LogP contribution in [0.4, 0.5) is 5.69 Å². The Hall–Kier alpha value is -1.61. The van der Waals surface area contributed by atoms with Gasteiger partial charge in [0.05, 0.1) is 5.33 Å². The summed E-state index contributed by atoms with van der Waals surface area (Å²) in [5.74, 6) is -0.0389. The number of carbonyl (C=O) groups is 1. The van der Waals surface area contributed by atoms with Crippen LogP contribution in [0, 0.1) is 0 Å². The number of benzene rings is 2. The predicted molar refractivity (Wildman–Crippen MR) is 92.9 cm³/mol. The molecule has 1 amide bonds. The third-order valence-corrected chi connectivity index (χ3v) is 3.91. The molecule has 0 aromatic heterocycles. The number of nitrogens with one attached hydrogen (secondary N) is 1. The van der Waals surface area contributed by atoms with Gasteiger partial charge in [-0.2, -0.15) is 0 Å². The van der Waals surface area contributed by atoms with Crippen molar-refractivity contribution in [3.8, 4) is 11.1 Å². The fourth-order valence-corrected chi connectivity index (χ4v) is 2.33. The van der Waals surface area contributed by atoms with Crippen molar-refractivity contribution in [3.63, 3.8) is 0 Å². The molecular formula is C18H20BrNO. The zero-order valence-electron chi connectivity index (χ0n) is 12.2. The summed E-state index contributed by atoms with van der Waals surface area (Å²) >= 11 is 3.14. The second kappa shape index (κ2) is 7.99. The molecule has 2 rings (SSSR count). The van der Waals surface area contributed by atoms with Crippen LogP contribution in [0.25, 0.3) is 11.1 Å². The predicted octanol–water partition coefficient (Wildman–Crippen LogP) is 5.03. The first-order chi connectivity index (χ1) is 10.2. The molecule has 0 aliphatic heterocycles. The van der Waals surface area contributed by atoms with Gasteiger partial charge in [0, 0.05) is 5.69 Å². The first-order valence-electron chi connectivity index (χ1n) is 7.28. The lowest BCUT2D eigenvalue weighted by Gasteiger charge is -2.07. The van der Waals surface area contributed by atoms with Gasteiger partial charge in [-0.15, -0.1) is 0 Å². The van der Waals surface area contributed by atoms with Crippen molar-refractivity contribution in [3.05, 3.63) is 54.1 Å². The largest absolute Gasteiger partial charge is 0.325 e. The van der Waals surface area contributed by atoms with Crippen molar-refractivity contribution in [1.29, 1.82) is 0 Å². The lowest BCUT2D eigenvalue weighted by Crippen LogP contribution is -2.11. The van der Waals surface area contributed by atoms with Crippen LogP contribution in [0.1, 0.15) is 25.3 Å². The van der Waals surface area contributed by atoms with Crippen LogP contribution >= 0.6 is 15.9 Å². The molecule has 0 aliphatic rings. The summed E-state index contributed by atoms with van der Waals surface area (Å²) in [5, 5.41) is 3.13. The average molecular weight is 346 g/mol. The molecule has 0 fully saturated rings. The van der Waals surface area contributed by atoms with Crippen LogP contribution in [0.15, 0.2) is 48.5 Å². The molecule has 2 nitrogen and oxygen atoms in total. The first-order valence-corrected chi connectivity index (χ1v) is 8.40. The monoisotopic (exact) mass is 345 g/mol. The van der Waals surface area contributed by atoms with E-state index in [4.69, 9.17) is 0 Å². The molecule has 0 saturated carbocycles. The van der Waals surface area contributed by atoms with E-state index in [-0.39, 0.29) is 5.91 Å². The molecule has 21 heavy (non-hydrogen) atoms. The Bertz CT molecular complexity index is 575. The van der Waals surface area contributed by atoms with Gasteiger partial charge < -0.3 is 5.32 Å². The molecule has 2 aromatic carbocycles. The highest BCUT2D eigenvalue weighted by Gasteiger charge is 2.01. The van der Waals surface area contributed by atoms with Crippen molar-refractivity contribution in [2.24, 2.45) is 0 Å². The summed E-state index contributed by atoms with van der Waals surface area (Å²) in [6.07, 6.45) is 3.61. The zero-order valence-corrected chi connectivity index (χ0v) is 13.8. The van der Waals surface area contributed by atoms with Gasteiger partial charge in [0.15, 0.2) is 0 Å². The van der Waals surface area contributed by atoms with Crippen LogP contribution in [-0.2, 0) is 11.2 Å². The lowest BCUT2D eigenvalue weighted by atomic mass is 10.0. The number of hydrogen-bond acceptors (Lipinski definition) is 1. The third kappa shape index (κ3) is 4.71. The van der Waals surface area contributed by atoms with Crippen molar-refractivity contribution in [2.45, 2.75) is 26.2 Å². The van der Waals surface area contributed by atoms with E-state index in [1.54, 1.807) is 0 Å². The number of unbranched alkanes of at least 4 members (excludes halogenated alkanes) is 1. The number of rotatable bonds is 6. The molecular weight excluding hydrogens is 326 g/mol. The molecule has 0 unspecified atom stereocenters. The van der Waals surface area contributed by atoms with E-state index < -0.39 is 0 Å². The minimum Gasteiger partial charge on any atom is -0.325 e. The fourth-order valence-electron chi connectivity index (χ4n) is 2.19. The van der Waals surface area contributed by atoms with Crippen molar-refractivity contribution < 1.29 is 4.79 Å². The number of halogens is 1. The zero-order chi connectivity index (χ0) is 15.1. The molecule has 0 bridgehead atoms. The van der Waals surface area contributed by atoms with E-state index >= 15 is 0 Å². The fraction of sp³-hybridized carbons (Fsp3) is 0.278. The quantitative estimate of drug-likeness (QED) is 0.731. The van der Waals surface area contributed by atoms with Gasteiger partial charge in [-0.3, -0.25) is 4.79 Å². The SMILES string of the molecule is CCCCc1ccc(-c2ccc(NC(=O)CBr)cc2)cc1. The Balaban J connectivity index is 2.06. The summed E-state index contributed by atoms with van der Waals surface area (Å²) < 4.78 is 0. The van der Waals surface area contributed by atoms with Gasteiger partial charge in [-0.05, 0) is 41.7 Å². The molecule has 1 N–H and O–H groups in total. The smallest absolute Gasteiger partial charge is 0.235 e. The Morgan fingerprint density at radius 2 is 1.57 bits per heavy atom. The van der Waals surface area contributed by atoms with Crippen LogP contribution in [0.5, 0.6) is 0 Å². The lowest BCUT2D eigenvalue weighted by molar-refractivity contribution is -0.113. The van der Waals surface area contributed by atoms with Gasteiger partial charge in [-0.25, -0.2) is 0 Å². The Morgan fingerprint density at radius 3 is 2.10 bits per heavy atom. The van der Waals surface area contributed by atoms with E-state index in [1.807, 2.05) is 24.3 Å². The van der Waals surface area contributed by atoms with Gasteiger partial charge in [0.25, 0.3) is 0 Å². The highest BCUT2D eigenvalue weighted by atomic mass is 79.9. The maximum absolute atomic E-state index is 11.3. The summed E-state index contributed by atoms with van der Waals surface area (Å²) in [6.45, 7) is 2.21. The Kier molecular flexibility index (Phi) is 6.00. The summed E-state index contributed by atoms with van der Waals surface area (Å²) in [5.41, 5.74) is 4.58. The van der Waals surface area contributed by atoms with E-state index in [9.17, 15) is 4.79 Å². The second-order valence-electron chi connectivity index (χ2n) is 5.06. The normalized spacial score (nSPS) is 10.4. The summed E-state index contributed by atoms with van der Waals surface area (Å²) in [6, 6.07) is 16.7. The van der Waals surface area contributed by atoms with Gasteiger partial charge in [-0.1, -0.05) is 65.7 Å². The molecule has 0 aliphatic carbocycles. The third-order valence-electron chi connectivity index (χ3n) is 3.40. The molecule has 0 radical (unpaired) electrons. The van der Waals surface area contributed by atoms with E-state index in [1.165, 1.54) is 24.0 Å². The van der Waals surface area contributed by atoms with E-state index in [0.29, 0.717) is 5.33 Å². The molecule has 0 saturated heterocycles. The Morgan fingerprint density at radius 1 is 1.00 bits per heavy atom. The first kappa shape index (κ1) is 15.8. The topological polar surface area (TPSA) is 29.1 Å². The van der Waals surface area contributed by atoms with Crippen LogP contribution in [-0.4, -0.2) is 11.2 Å². The average Bonchev–Trinajstić information content (AvgIpc) is 2.54. The number of hydrogen-bond donors (Lipinski definition) is 1. The number of anilines is 1. The van der Waals surface area contributed by atoms with Gasteiger partial charge >= 0.3 is 0 Å². The molecule has 110 valence electrons. The minimum absolute atomic E-state index is 0.0389. The highest BCUT2D eigenvalue weighted by Crippen LogP contribution is 2.22. The minimum atomic E-state index is -0.0389. The molecule has 0 spiro atoms.